The number of morpholine rings is 1. The zero-order chi connectivity index (χ0) is 22.0. The Morgan fingerprint density at radius 1 is 1.14 bits per heavy atom. The van der Waals surface area contributed by atoms with Gasteiger partial charge < -0.3 is 19.1 Å². The van der Waals surface area contributed by atoms with Gasteiger partial charge in [-0.3, -0.25) is 9.35 Å². The van der Waals surface area contributed by atoms with Crippen LogP contribution in [0.1, 0.15) is 0 Å². The van der Waals surface area contributed by atoms with Gasteiger partial charge in [-0.05, 0) is 0 Å². The normalized spacial score (nSPS) is 18.3. The molecule has 0 aromatic heterocycles. The zero-order valence-corrected chi connectivity index (χ0v) is 14.5. The van der Waals surface area contributed by atoms with Crippen LogP contribution in [0.5, 0.6) is 0 Å². The Hall–Kier alpha value is -1.91. The topological polar surface area (TPSA) is 119 Å². The first-order valence-electron chi connectivity index (χ1n) is 7.05. The van der Waals surface area contributed by atoms with Crippen molar-refractivity contribution in [2.75, 3.05) is 32.9 Å². The molecule has 9 nitrogen and oxygen atoms in total. The highest BCUT2D eigenvalue weighted by Gasteiger charge is 2.69. The maximum Gasteiger partial charge on any atom is 0.466 e. The highest BCUT2D eigenvalue weighted by Crippen LogP contribution is 2.39. The van der Waals surface area contributed by atoms with E-state index in [9.17, 15) is 44.3 Å². The van der Waals surface area contributed by atoms with Crippen LogP contribution in [0.25, 0.3) is 0 Å². The minimum absolute atomic E-state index is 0.273. The van der Waals surface area contributed by atoms with E-state index < -0.39 is 64.7 Å². The number of carbonyl (C=O) groups is 2. The van der Waals surface area contributed by atoms with Gasteiger partial charge in [0.2, 0.25) is 5.83 Å². The predicted molar refractivity (Wildman–Crippen MR) is 75.0 cm³/mol. The summed E-state index contributed by atoms with van der Waals surface area (Å²) >= 11 is 0. The largest absolute Gasteiger partial charge is 0.466 e. The molecule has 0 saturated carbocycles. The summed E-state index contributed by atoms with van der Waals surface area (Å²) in [7, 11) is -6.27. The van der Waals surface area contributed by atoms with E-state index in [2.05, 4.69) is 16.1 Å². The summed E-state index contributed by atoms with van der Waals surface area (Å²) < 4.78 is 122. The number of amides is 1. The average molecular weight is 445 g/mol. The van der Waals surface area contributed by atoms with Gasteiger partial charge in [0, 0.05) is 13.1 Å². The molecule has 0 radical (unpaired) electrons. The first-order valence-corrected chi connectivity index (χ1v) is 8.49. The maximum atomic E-state index is 13.6. The fourth-order valence-electron chi connectivity index (χ4n) is 1.82. The van der Waals surface area contributed by atoms with Crippen LogP contribution in [0.3, 0.4) is 0 Å². The second-order valence-electron chi connectivity index (χ2n) is 5.21. The van der Waals surface area contributed by atoms with Crippen LogP contribution >= 0.6 is 0 Å². The molecule has 1 fully saturated rings. The number of alkyl halides is 5. The van der Waals surface area contributed by atoms with Gasteiger partial charge in [-0.2, -0.15) is 34.8 Å². The van der Waals surface area contributed by atoms with Gasteiger partial charge in [-0.1, -0.05) is 6.58 Å². The summed E-state index contributed by atoms with van der Waals surface area (Å²) in [6.07, 6.45) is -6.07. The Morgan fingerprint density at radius 3 is 2.04 bits per heavy atom. The molecule has 0 spiro atoms. The van der Waals surface area contributed by atoms with E-state index >= 15 is 0 Å². The lowest BCUT2D eigenvalue weighted by molar-refractivity contribution is -0.356. The standard InChI is InChI=1S/C12H13F6NO8S/c1-7(13)8(20)27-11(12(16,17)18,9(21)19-2-4-25-5-3-19)26-6-10(14,15)28(22,23)24/h1-6H2,(H,22,23,24). The molecule has 28 heavy (non-hydrogen) atoms. The molecular weight excluding hydrogens is 432 g/mol. The van der Waals surface area contributed by atoms with Crippen molar-refractivity contribution < 1.29 is 63.1 Å². The first kappa shape index (κ1) is 24.1. The average Bonchev–Trinajstić information content (AvgIpc) is 2.56. The monoisotopic (exact) mass is 445 g/mol. The summed E-state index contributed by atoms with van der Waals surface area (Å²) in [6.45, 7) is -1.98. The highest BCUT2D eigenvalue weighted by molar-refractivity contribution is 7.86. The number of hydrogen-bond donors (Lipinski definition) is 1. The van der Waals surface area contributed by atoms with Crippen molar-refractivity contribution in [3.8, 4) is 0 Å². The van der Waals surface area contributed by atoms with Crippen LogP contribution in [0.4, 0.5) is 26.3 Å². The molecule has 0 bridgehead atoms. The van der Waals surface area contributed by atoms with Crippen molar-refractivity contribution in [2.24, 2.45) is 0 Å². The lowest BCUT2D eigenvalue weighted by atomic mass is 10.2. The molecule has 162 valence electrons. The molecule has 1 saturated heterocycles. The van der Waals surface area contributed by atoms with Gasteiger partial charge in [0.05, 0.1) is 13.2 Å². The Bertz CT molecular complexity index is 733. The molecule has 1 N–H and O–H groups in total. The third kappa shape index (κ3) is 5.12. The Kier molecular flexibility index (Phi) is 7.08. The summed E-state index contributed by atoms with van der Waals surface area (Å²) in [5.41, 5.74) is 0. The second-order valence-corrected chi connectivity index (χ2v) is 6.76. The molecule has 1 unspecified atom stereocenters. The Labute approximate surface area is 153 Å². The number of nitrogens with zero attached hydrogens (tertiary/aromatic N) is 1. The first-order chi connectivity index (χ1) is 12.6. The smallest absolute Gasteiger partial charge is 0.410 e. The van der Waals surface area contributed by atoms with Crippen molar-refractivity contribution in [1.82, 2.24) is 4.90 Å². The number of rotatable bonds is 7. The van der Waals surface area contributed by atoms with E-state index in [1.165, 1.54) is 0 Å². The molecule has 1 aliphatic rings. The predicted octanol–water partition coefficient (Wildman–Crippen LogP) is 0.627. The number of hydrogen-bond acceptors (Lipinski definition) is 7. The maximum absolute atomic E-state index is 13.6. The minimum Gasteiger partial charge on any atom is -0.410 e. The van der Waals surface area contributed by atoms with E-state index in [-0.39, 0.29) is 13.2 Å². The minimum atomic E-state index is -6.27. The molecule has 1 heterocycles. The molecule has 1 amide bonds. The molecule has 1 aliphatic heterocycles. The van der Waals surface area contributed by atoms with Crippen LogP contribution in [0.15, 0.2) is 12.4 Å². The second kappa shape index (κ2) is 8.22. The quantitative estimate of drug-likeness (QED) is 0.199. The molecule has 1 rings (SSSR count). The lowest BCUT2D eigenvalue weighted by Crippen LogP contribution is -2.64. The fourth-order valence-corrected chi connectivity index (χ4v) is 2.02. The lowest BCUT2D eigenvalue weighted by Gasteiger charge is -2.38. The Balaban J connectivity index is 3.41. The number of ether oxygens (including phenoxy) is 3. The van der Waals surface area contributed by atoms with Crippen LogP contribution in [-0.2, 0) is 33.9 Å². The van der Waals surface area contributed by atoms with Gasteiger partial charge in [0.1, 0.15) is 6.61 Å². The molecule has 0 aromatic carbocycles. The van der Waals surface area contributed by atoms with Gasteiger partial charge in [-0.15, -0.1) is 0 Å². The van der Waals surface area contributed by atoms with Gasteiger partial charge in [0.15, 0.2) is 0 Å². The molecule has 0 aliphatic carbocycles. The number of esters is 1. The summed E-state index contributed by atoms with van der Waals surface area (Å²) in [5, 5.41) is -5.33. The third-order valence-corrected chi connectivity index (χ3v) is 4.10. The van der Waals surface area contributed by atoms with Crippen molar-refractivity contribution in [3.63, 3.8) is 0 Å². The van der Waals surface area contributed by atoms with Crippen molar-refractivity contribution in [1.29, 1.82) is 0 Å². The number of halogens is 6. The van der Waals surface area contributed by atoms with Crippen molar-refractivity contribution in [3.05, 3.63) is 12.4 Å². The highest BCUT2D eigenvalue weighted by atomic mass is 32.2. The molecule has 0 aromatic rings. The zero-order valence-electron chi connectivity index (χ0n) is 13.7. The summed E-state index contributed by atoms with van der Waals surface area (Å²) in [4.78, 5) is 24.0. The van der Waals surface area contributed by atoms with Crippen LogP contribution in [-0.4, -0.2) is 79.9 Å². The van der Waals surface area contributed by atoms with E-state index in [0.717, 1.165) is 0 Å². The Morgan fingerprint density at radius 2 is 1.64 bits per heavy atom. The van der Waals surface area contributed by atoms with Crippen LogP contribution in [0, 0.1) is 0 Å². The molecular formula is C12H13F6NO8S. The molecule has 1 atom stereocenters. The SMILES string of the molecule is C=C(F)C(=O)OC(OCC(F)(F)S(=O)(=O)O)(C(=O)N1CCOCC1)C(F)(F)F. The number of carbonyl (C=O) groups excluding carboxylic acids is 2. The third-order valence-electron chi connectivity index (χ3n) is 3.23. The fraction of sp³-hybridized carbons (Fsp3) is 0.667. The summed E-state index contributed by atoms with van der Waals surface area (Å²) in [5.74, 6) is -11.7. The summed E-state index contributed by atoms with van der Waals surface area (Å²) in [6, 6.07) is 0. The van der Waals surface area contributed by atoms with Gasteiger partial charge in [0.25, 0.3) is 0 Å². The van der Waals surface area contributed by atoms with Crippen LogP contribution in [0.2, 0.25) is 0 Å². The van der Waals surface area contributed by atoms with Crippen molar-refractivity contribution >= 4 is 22.0 Å². The molecule has 16 heteroatoms. The van der Waals surface area contributed by atoms with Crippen molar-refractivity contribution in [2.45, 2.75) is 17.2 Å². The van der Waals surface area contributed by atoms with E-state index in [4.69, 9.17) is 9.29 Å². The van der Waals surface area contributed by atoms with E-state index in [1.54, 1.807) is 0 Å². The van der Waals surface area contributed by atoms with Gasteiger partial charge >= 0.3 is 39.2 Å². The van der Waals surface area contributed by atoms with E-state index in [0.29, 0.717) is 4.90 Å². The van der Waals surface area contributed by atoms with Gasteiger partial charge in [-0.25, -0.2) is 4.79 Å². The van der Waals surface area contributed by atoms with Crippen LogP contribution < -0.4 is 0 Å². The van der Waals surface area contributed by atoms with E-state index in [1.807, 2.05) is 0 Å².